The van der Waals surface area contributed by atoms with Gasteiger partial charge in [-0.3, -0.25) is 4.79 Å². The highest BCUT2D eigenvalue weighted by Gasteiger charge is 2.31. The van der Waals surface area contributed by atoms with Gasteiger partial charge in [0.05, 0.1) is 39.1 Å². The molecule has 1 aliphatic carbocycles. The molecule has 0 spiro atoms. The number of nitrogens with one attached hydrogen (secondary N) is 1. The van der Waals surface area contributed by atoms with Crippen LogP contribution in [0.2, 0.25) is 5.02 Å². The molecular weight excluding hydrogens is 372 g/mol. The van der Waals surface area contributed by atoms with Crippen molar-refractivity contribution in [2.75, 3.05) is 33.0 Å². The van der Waals surface area contributed by atoms with Gasteiger partial charge in [-0.2, -0.15) is 0 Å². The average Bonchev–Trinajstić information content (AvgIpc) is 2.53. The summed E-state index contributed by atoms with van der Waals surface area (Å²) < 4.78 is 22.5. The van der Waals surface area contributed by atoms with Crippen molar-refractivity contribution < 1.29 is 23.7 Å². The molecule has 27 heavy (non-hydrogen) atoms. The average molecular weight is 399 g/mol. The molecule has 150 valence electrons. The lowest BCUT2D eigenvalue weighted by Crippen LogP contribution is -2.40. The number of hydrogen-bond acceptors (Lipinski definition) is 6. The van der Waals surface area contributed by atoms with Gasteiger partial charge in [-0.15, -0.1) is 0 Å². The second-order valence-electron chi connectivity index (χ2n) is 7.35. The molecule has 1 aromatic rings. The van der Waals surface area contributed by atoms with Gasteiger partial charge in [0.25, 0.3) is 0 Å². The molecule has 3 rings (SSSR count). The van der Waals surface area contributed by atoms with E-state index in [1.807, 2.05) is 6.92 Å². The lowest BCUT2D eigenvalue weighted by molar-refractivity contribution is -0.120. The molecule has 1 atom stereocenters. The largest absolute Gasteiger partial charge is 0.491 e. The van der Waals surface area contributed by atoms with Crippen LogP contribution in [-0.2, 0) is 14.3 Å². The zero-order chi connectivity index (χ0) is 19.2. The van der Waals surface area contributed by atoms with E-state index < -0.39 is 0 Å². The minimum Gasteiger partial charge on any atom is -0.491 e. The van der Waals surface area contributed by atoms with Gasteiger partial charge in [-0.05, 0) is 25.7 Å². The Morgan fingerprint density at radius 3 is 2.74 bits per heavy atom. The Kier molecular flexibility index (Phi) is 7.15. The van der Waals surface area contributed by atoms with Crippen LogP contribution in [0, 0.1) is 11.8 Å². The Hall–Kier alpha value is -1.57. The normalized spacial score (nSPS) is 23.1. The van der Waals surface area contributed by atoms with Gasteiger partial charge < -0.3 is 24.3 Å². The molecule has 0 aromatic carbocycles. The van der Waals surface area contributed by atoms with Gasteiger partial charge in [-0.1, -0.05) is 11.6 Å². The number of aromatic nitrogens is 1. The third-order valence-electron chi connectivity index (χ3n) is 4.68. The third kappa shape index (κ3) is 5.96. The molecule has 0 unspecified atom stereocenters. The fraction of sp³-hybridized carbons (Fsp3) is 0.684. The molecule has 1 saturated carbocycles. The monoisotopic (exact) mass is 398 g/mol. The van der Waals surface area contributed by atoms with Crippen LogP contribution >= 0.6 is 11.6 Å². The highest BCUT2D eigenvalue weighted by Crippen LogP contribution is 2.35. The van der Waals surface area contributed by atoms with Crippen LogP contribution in [0.1, 0.15) is 26.7 Å². The smallest absolute Gasteiger partial charge is 0.236 e. The highest BCUT2D eigenvalue weighted by atomic mass is 35.5. The maximum absolute atomic E-state index is 11.0. The van der Waals surface area contributed by atoms with Gasteiger partial charge in [0.2, 0.25) is 11.8 Å². The quantitative estimate of drug-likeness (QED) is 0.652. The van der Waals surface area contributed by atoms with E-state index in [-0.39, 0.29) is 18.1 Å². The minimum atomic E-state index is -0.0393. The first-order chi connectivity index (χ1) is 13.0. The highest BCUT2D eigenvalue weighted by molar-refractivity contribution is 6.33. The van der Waals surface area contributed by atoms with Crippen molar-refractivity contribution >= 4 is 17.5 Å². The Balaban J connectivity index is 1.35. The van der Waals surface area contributed by atoms with Crippen molar-refractivity contribution in [2.45, 2.75) is 38.8 Å². The topological polar surface area (TPSA) is 78.9 Å². The molecule has 1 N–H and O–H groups in total. The number of carbonyl (C=O) groups is 1. The predicted octanol–water partition coefficient (Wildman–Crippen LogP) is 2.46. The number of hydrogen-bond donors (Lipinski definition) is 1. The van der Waals surface area contributed by atoms with Crippen molar-refractivity contribution in [1.29, 1.82) is 0 Å². The molecule has 2 heterocycles. The van der Waals surface area contributed by atoms with E-state index in [9.17, 15) is 4.79 Å². The molecule has 7 nitrogen and oxygen atoms in total. The second kappa shape index (κ2) is 9.57. The van der Waals surface area contributed by atoms with Crippen LogP contribution in [0.25, 0.3) is 0 Å². The van der Waals surface area contributed by atoms with Crippen molar-refractivity contribution in [3.63, 3.8) is 0 Å². The Morgan fingerprint density at radius 2 is 2.07 bits per heavy atom. The fourth-order valence-electron chi connectivity index (χ4n) is 3.02. The lowest BCUT2D eigenvalue weighted by atomic mass is 9.83. The number of nitrogens with zero attached hydrogens (tertiary/aromatic N) is 1. The predicted molar refractivity (Wildman–Crippen MR) is 100 cm³/mol. The van der Waals surface area contributed by atoms with Gasteiger partial charge in [0, 0.05) is 31.1 Å². The van der Waals surface area contributed by atoms with Crippen LogP contribution in [0.5, 0.6) is 11.6 Å². The first-order valence-electron chi connectivity index (χ1n) is 9.37. The molecule has 1 aromatic heterocycles. The second-order valence-corrected chi connectivity index (χ2v) is 7.73. The van der Waals surface area contributed by atoms with Gasteiger partial charge in [-0.25, -0.2) is 4.98 Å². The summed E-state index contributed by atoms with van der Waals surface area (Å²) in [6, 6.07) is 1.77. The van der Waals surface area contributed by atoms with Crippen molar-refractivity contribution in [2.24, 2.45) is 11.8 Å². The number of rotatable bonds is 10. The molecule has 2 fully saturated rings. The molecular formula is C19H27ClN2O5. The van der Waals surface area contributed by atoms with E-state index in [1.165, 1.54) is 6.92 Å². The summed E-state index contributed by atoms with van der Waals surface area (Å²) in [6.07, 6.45) is 3.73. The van der Waals surface area contributed by atoms with Gasteiger partial charge >= 0.3 is 0 Å². The Morgan fingerprint density at radius 1 is 1.33 bits per heavy atom. The van der Waals surface area contributed by atoms with Crippen LogP contribution in [0.3, 0.4) is 0 Å². The lowest BCUT2D eigenvalue weighted by Gasteiger charge is -2.35. The van der Waals surface area contributed by atoms with Gasteiger partial charge in [0.1, 0.15) is 10.8 Å². The fourth-order valence-corrected chi connectivity index (χ4v) is 3.24. The number of carbonyl (C=O) groups excluding carboxylic acids is 1. The first kappa shape index (κ1) is 20.2. The number of halogens is 1. The summed E-state index contributed by atoms with van der Waals surface area (Å²) in [5, 5.41) is 3.22. The van der Waals surface area contributed by atoms with Crippen LogP contribution < -0.4 is 14.8 Å². The molecule has 0 radical (unpaired) electrons. The van der Waals surface area contributed by atoms with Crippen LogP contribution in [-0.4, -0.2) is 56.1 Å². The molecule has 8 heteroatoms. The summed E-state index contributed by atoms with van der Waals surface area (Å²) in [6.45, 7) is 6.57. The standard InChI is InChI=1S/C19H27ClN2O5/c1-12(22-13(2)23)7-25-16-5-14(6-16)10-27-19-18(20)17(3-4-21-19)26-11-15-8-24-9-15/h3-4,12,14-16H,5-11H2,1-2H3,(H,22,23)/t12-,14?,16?/m0/s1. The molecule has 1 saturated heterocycles. The zero-order valence-corrected chi connectivity index (χ0v) is 16.5. The summed E-state index contributed by atoms with van der Waals surface area (Å²) in [5.41, 5.74) is 0. The van der Waals surface area contributed by atoms with Crippen LogP contribution in [0.4, 0.5) is 0 Å². The SMILES string of the molecule is CC(=O)N[C@@H](C)COC1CC(COc2nccc(OCC3COC3)c2Cl)C1. The summed E-state index contributed by atoms with van der Waals surface area (Å²) in [5.74, 6) is 1.81. The van der Waals surface area contributed by atoms with E-state index >= 15 is 0 Å². The van der Waals surface area contributed by atoms with E-state index in [1.54, 1.807) is 12.3 Å². The van der Waals surface area contributed by atoms with Crippen molar-refractivity contribution in [1.82, 2.24) is 10.3 Å². The Bertz CT molecular complexity index is 635. The van der Waals surface area contributed by atoms with Crippen LogP contribution in [0.15, 0.2) is 12.3 Å². The minimum absolute atomic E-state index is 0.0232. The van der Waals surface area contributed by atoms with E-state index in [2.05, 4.69) is 10.3 Å². The molecule has 2 aliphatic rings. The first-order valence-corrected chi connectivity index (χ1v) is 9.75. The molecule has 1 amide bonds. The van der Waals surface area contributed by atoms with E-state index in [0.29, 0.717) is 48.3 Å². The van der Waals surface area contributed by atoms with Gasteiger partial charge in [0.15, 0.2) is 0 Å². The summed E-state index contributed by atoms with van der Waals surface area (Å²) in [4.78, 5) is 15.2. The third-order valence-corrected chi connectivity index (χ3v) is 5.03. The van der Waals surface area contributed by atoms with E-state index in [4.69, 9.17) is 30.5 Å². The maximum Gasteiger partial charge on any atom is 0.236 e. The summed E-state index contributed by atoms with van der Waals surface area (Å²) >= 11 is 6.35. The number of ether oxygens (including phenoxy) is 4. The number of pyridine rings is 1. The zero-order valence-electron chi connectivity index (χ0n) is 15.8. The Labute approximate surface area is 164 Å². The number of amides is 1. The maximum atomic E-state index is 11.0. The van der Waals surface area contributed by atoms with Crippen molar-refractivity contribution in [3.8, 4) is 11.6 Å². The summed E-state index contributed by atoms with van der Waals surface area (Å²) in [7, 11) is 0. The molecule has 1 aliphatic heterocycles. The van der Waals surface area contributed by atoms with Crippen molar-refractivity contribution in [3.05, 3.63) is 17.3 Å². The van der Waals surface area contributed by atoms with E-state index in [0.717, 1.165) is 26.1 Å². The molecule has 0 bridgehead atoms.